The highest BCUT2D eigenvalue weighted by Crippen LogP contribution is 2.57. The van der Waals surface area contributed by atoms with Crippen molar-refractivity contribution < 1.29 is 13.9 Å². The molecule has 3 aromatic heterocycles. The first-order chi connectivity index (χ1) is 17.4. The number of benzene rings is 3. The number of hydrogen-bond donors (Lipinski definition) is 0. The van der Waals surface area contributed by atoms with Gasteiger partial charge in [-0.25, -0.2) is 0 Å². The van der Waals surface area contributed by atoms with Gasteiger partial charge in [-0.2, -0.15) is 0 Å². The lowest BCUT2D eigenvalue weighted by Gasteiger charge is -2.31. The first kappa shape index (κ1) is 17.7. The second-order valence-corrected chi connectivity index (χ2v) is 9.45. The molecule has 162 valence electrons. The molecule has 1 unspecified atom stereocenters. The van der Waals surface area contributed by atoms with Crippen molar-refractivity contribution in [2.45, 2.75) is 5.66 Å². The zero-order valence-corrected chi connectivity index (χ0v) is 18.7. The molecule has 0 saturated carbocycles. The van der Waals surface area contributed by atoms with E-state index < -0.39 is 5.66 Å². The number of fused-ring (bicyclic) bond motifs is 4. The molecule has 4 nitrogen and oxygen atoms in total. The van der Waals surface area contributed by atoms with Gasteiger partial charge in [-0.3, -0.25) is 0 Å². The van der Waals surface area contributed by atoms with Crippen LogP contribution in [-0.2, 0) is 5.66 Å². The van der Waals surface area contributed by atoms with Crippen LogP contribution in [0.4, 0.5) is 0 Å². The van der Waals surface area contributed by atoms with E-state index in [4.69, 9.17) is 4.74 Å². The van der Waals surface area contributed by atoms with E-state index in [9.17, 15) is 0 Å². The third-order valence-corrected chi connectivity index (χ3v) is 7.89. The zero-order valence-electron chi connectivity index (χ0n) is 18.7. The summed E-state index contributed by atoms with van der Waals surface area (Å²) < 4.78 is 13.6. The quantitative estimate of drug-likeness (QED) is 0.300. The van der Waals surface area contributed by atoms with Crippen LogP contribution in [0.1, 0.15) is 11.1 Å². The number of ether oxygens (including phenoxy) is 1. The van der Waals surface area contributed by atoms with Crippen molar-refractivity contribution in [2.75, 3.05) is 0 Å². The van der Waals surface area contributed by atoms with Gasteiger partial charge in [-0.15, -0.1) is 4.57 Å². The summed E-state index contributed by atoms with van der Waals surface area (Å²) in [4.78, 5) is 0. The summed E-state index contributed by atoms with van der Waals surface area (Å²) in [6.07, 6.45) is 6.68. The summed E-state index contributed by atoms with van der Waals surface area (Å²) in [6, 6.07) is 34.4. The van der Waals surface area contributed by atoms with Crippen LogP contribution < -0.4 is 13.9 Å². The van der Waals surface area contributed by atoms with Crippen molar-refractivity contribution in [3.05, 3.63) is 127 Å². The topological polar surface area (TPSA) is 21.9 Å². The smallest absolute Gasteiger partial charge is 0.404 e. The molecule has 1 aliphatic carbocycles. The van der Waals surface area contributed by atoms with Gasteiger partial charge in [0.1, 0.15) is 5.56 Å². The van der Waals surface area contributed by atoms with E-state index in [1.807, 2.05) is 6.07 Å². The largest absolute Gasteiger partial charge is 0.424 e. The summed E-state index contributed by atoms with van der Waals surface area (Å²) >= 11 is 0. The van der Waals surface area contributed by atoms with Crippen molar-refractivity contribution >= 4 is 10.9 Å². The second kappa shape index (κ2) is 5.86. The Balaban J connectivity index is 1.57. The standard InChI is InChI=1S/C31H19N3O/c1-2-9-20(10-3-1)32-19-23-21-11-8-13-26-29(21)31(34-18-7-5-14-27(34)35-26)30-22(15-16-25(32)28(23)30)24-12-4-6-17-33(24)31/h1-19H/q+2. The minimum Gasteiger partial charge on any atom is -0.404 e. The number of pyridine rings is 2. The fourth-order valence-corrected chi connectivity index (χ4v) is 6.67. The lowest BCUT2D eigenvalue weighted by atomic mass is 9.76. The van der Waals surface area contributed by atoms with Crippen LogP contribution in [0.5, 0.6) is 11.6 Å². The average molecular weight is 450 g/mol. The molecule has 0 fully saturated rings. The molecule has 9 rings (SSSR count). The molecule has 35 heavy (non-hydrogen) atoms. The Hall–Kier alpha value is -4.70. The normalized spacial score (nSPS) is 17.5. The molecular weight excluding hydrogens is 430 g/mol. The predicted octanol–water partition coefficient (Wildman–Crippen LogP) is 5.57. The van der Waals surface area contributed by atoms with E-state index in [2.05, 4.69) is 123 Å². The van der Waals surface area contributed by atoms with E-state index in [-0.39, 0.29) is 0 Å². The van der Waals surface area contributed by atoms with Gasteiger partial charge in [0.25, 0.3) is 0 Å². The fourth-order valence-electron chi connectivity index (χ4n) is 6.67. The Morgan fingerprint density at radius 1 is 0.629 bits per heavy atom. The number of para-hydroxylation sites is 1. The van der Waals surface area contributed by atoms with E-state index in [1.54, 1.807) is 0 Å². The molecular formula is C31H19N3O+2. The van der Waals surface area contributed by atoms with Crippen LogP contribution >= 0.6 is 0 Å². The van der Waals surface area contributed by atoms with Crippen molar-refractivity contribution in [1.82, 2.24) is 4.57 Å². The molecule has 4 heteroatoms. The third kappa shape index (κ3) is 1.86. The number of aromatic nitrogens is 3. The SMILES string of the molecule is c1ccc(-n2cc3c4c5c(ccc42)-c2cccc[n+]2C52c4c(cccc4-3)Oc3cccc[n+]32)cc1. The number of rotatable bonds is 1. The maximum Gasteiger partial charge on any atom is 0.424 e. The molecule has 3 aromatic carbocycles. The molecule has 2 aliphatic heterocycles. The highest BCUT2D eigenvalue weighted by atomic mass is 16.5. The van der Waals surface area contributed by atoms with E-state index in [1.165, 1.54) is 44.4 Å². The maximum atomic E-state index is 6.53. The van der Waals surface area contributed by atoms with Crippen LogP contribution in [0.25, 0.3) is 39.0 Å². The molecule has 0 radical (unpaired) electrons. The number of hydrogen-bond acceptors (Lipinski definition) is 1. The van der Waals surface area contributed by atoms with Crippen molar-refractivity contribution in [3.63, 3.8) is 0 Å². The first-order valence-corrected chi connectivity index (χ1v) is 12.0. The zero-order chi connectivity index (χ0) is 22.7. The molecule has 3 aliphatic rings. The summed E-state index contributed by atoms with van der Waals surface area (Å²) in [5.74, 6) is 1.76. The van der Waals surface area contributed by atoms with E-state index in [0.717, 1.165) is 17.3 Å². The van der Waals surface area contributed by atoms with Gasteiger partial charge in [0.05, 0.1) is 17.1 Å². The van der Waals surface area contributed by atoms with Crippen molar-refractivity contribution in [1.29, 1.82) is 0 Å². The molecule has 0 N–H and O–H groups in total. The van der Waals surface area contributed by atoms with Gasteiger partial charge in [-0.1, -0.05) is 34.9 Å². The van der Waals surface area contributed by atoms with Gasteiger partial charge < -0.3 is 9.30 Å². The Morgan fingerprint density at radius 3 is 2.37 bits per heavy atom. The van der Waals surface area contributed by atoms with Crippen molar-refractivity contribution in [3.8, 4) is 39.7 Å². The molecule has 1 spiro atoms. The molecule has 0 amide bonds. The van der Waals surface area contributed by atoms with Gasteiger partial charge in [0.2, 0.25) is 5.69 Å². The fraction of sp³-hybridized carbons (Fsp3) is 0.0323. The van der Waals surface area contributed by atoms with Crippen LogP contribution in [0.2, 0.25) is 0 Å². The molecule has 1 atom stereocenters. The Bertz CT molecular complexity index is 1890. The Labute approximate surface area is 201 Å². The highest BCUT2D eigenvalue weighted by Gasteiger charge is 2.69. The lowest BCUT2D eigenvalue weighted by Crippen LogP contribution is -2.74. The highest BCUT2D eigenvalue weighted by molar-refractivity contribution is 6.07. The van der Waals surface area contributed by atoms with Gasteiger partial charge in [0.15, 0.2) is 23.7 Å². The van der Waals surface area contributed by atoms with E-state index in [0.29, 0.717) is 0 Å². The monoisotopic (exact) mass is 449 g/mol. The molecule has 6 aromatic rings. The van der Waals surface area contributed by atoms with Gasteiger partial charge in [-0.05, 0) is 42.5 Å². The van der Waals surface area contributed by atoms with Gasteiger partial charge >= 0.3 is 11.5 Å². The molecule has 0 bridgehead atoms. The summed E-state index contributed by atoms with van der Waals surface area (Å²) in [7, 11) is 0. The summed E-state index contributed by atoms with van der Waals surface area (Å²) in [5.41, 5.74) is 9.32. The number of nitrogens with zero attached hydrogens (tertiary/aromatic N) is 3. The summed E-state index contributed by atoms with van der Waals surface area (Å²) in [6.45, 7) is 0. The molecule has 5 heterocycles. The van der Waals surface area contributed by atoms with Crippen LogP contribution in [0.15, 0.2) is 116 Å². The predicted molar refractivity (Wildman–Crippen MR) is 133 cm³/mol. The lowest BCUT2D eigenvalue weighted by molar-refractivity contribution is -0.965. The Kier molecular flexibility index (Phi) is 2.97. The van der Waals surface area contributed by atoms with Crippen LogP contribution in [0.3, 0.4) is 0 Å². The van der Waals surface area contributed by atoms with Crippen LogP contribution in [0, 0.1) is 0 Å². The summed E-state index contributed by atoms with van der Waals surface area (Å²) in [5, 5.41) is 1.31. The minimum atomic E-state index is -0.553. The first-order valence-electron chi connectivity index (χ1n) is 12.0. The average Bonchev–Trinajstić information content (AvgIpc) is 3.44. The second-order valence-electron chi connectivity index (χ2n) is 9.45. The van der Waals surface area contributed by atoms with Crippen molar-refractivity contribution in [2.24, 2.45) is 0 Å². The maximum absolute atomic E-state index is 6.53. The van der Waals surface area contributed by atoms with E-state index >= 15 is 0 Å². The van der Waals surface area contributed by atoms with Crippen LogP contribution in [-0.4, -0.2) is 4.57 Å². The molecule has 0 saturated heterocycles. The minimum absolute atomic E-state index is 0.553. The third-order valence-electron chi connectivity index (χ3n) is 7.89. The Morgan fingerprint density at radius 2 is 1.46 bits per heavy atom. The van der Waals surface area contributed by atoms with Gasteiger partial charge in [0, 0.05) is 46.6 Å².